The summed E-state index contributed by atoms with van der Waals surface area (Å²) in [6, 6.07) is 0. The van der Waals surface area contributed by atoms with Gasteiger partial charge in [0.05, 0.1) is 0 Å². The lowest BCUT2D eigenvalue weighted by atomic mass is 10.3. The summed E-state index contributed by atoms with van der Waals surface area (Å²) in [6.45, 7) is 1.75. The Labute approximate surface area is 43.4 Å². The minimum Gasteiger partial charge on any atom is -0.378 e. The highest BCUT2D eigenvalue weighted by atomic mass is 16.3. The monoisotopic (exact) mass is 96.1 g/mol. The van der Waals surface area contributed by atoms with Crippen molar-refractivity contribution in [2.24, 2.45) is 0 Å². The smallest absolute Gasteiger partial charge is 0.125 e. The summed E-state index contributed by atoms with van der Waals surface area (Å²) in [6.07, 6.45) is 1.74. The van der Waals surface area contributed by atoms with E-state index < -0.39 is 5.60 Å². The van der Waals surface area contributed by atoms with Crippen LogP contribution in [0.1, 0.15) is 19.8 Å². The molecule has 1 rings (SSSR count). The van der Waals surface area contributed by atoms with Crippen molar-refractivity contribution in [2.75, 3.05) is 0 Å². The van der Waals surface area contributed by atoms with Gasteiger partial charge in [-0.3, -0.25) is 0 Å². The van der Waals surface area contributed by atoms with E-state index in [1.54, 1.807) is 6.92 Å². The number of rotatable bonds is 0. The maximum atomic E-state index is 8.96. The SMILES string of the molecule is CC#CC1(O)CC1. The fraction of sp³-hybridized carbons (Fsp3) is 0.667. The van der Waals surface area contributed by atoms with Gasteiger partial charge in [0, 0.05) is 0 Å². The van der Waals surface area contributed by atoms with Gasteiger partial charge in [0.25, 0.3) is 0 Å². The summed E-state index contributed by atoms with van der Waals surface area (Å²) in [5.74, 6) is 5.37. The molecule has 0 bridgehead atoms. The second-order valence-corrected chi connectivity index (χ2v) is 1.91. The van der Waals surface area contributed by atoms with Crippen LogP contribution in [0.4, 0.5) is 0 Å². The molecule has 0 aromatic carbocycles. The highest BCUT2D eigenvalue weighted by Gasteiger charge is 2.38. The second-order valence-electron chi connectivity index (χ2n) is 1.91. The van der Waals surface area contributed by atoms with Crippen molar-refractivity contribution in [1.82, 2.24) is 0 Å². The van der Waals surface area contributed by atoms with E-state index in [1.165, 1.54) is 0 Å². The summed E-state index contributed by atoms with van der Waals surface area (Å²) in [7, 11) is 0. The molecule has 1 fully saturated rings. The first-order valence-corrected chi connectivity index (χ1v) is 2.43. The molecular formula is C6H8O. The van der Waals surface area contributed by atoms with E-state index in [0.29, 0.717) is 0 Å². The topological polar surface area (TPSA) is 20.2 Å². The van der Waals surface area contributed by atoms with Gasteiger partial charge < -0.3 is 5.11 Å². The lowest BCUT2D eigenvalue weighted by molar-refractivity contribution is 0.212. The molecule has 1 aliphatic carbocycles. The molecule has 0 aromatic rings. The maximum Gasteiger partial charge on any atom is 0.125 e. The summed E-state index contributed by atoms with van der Waals surface area (Å²) < 4.78 is 0. The average molecular weight is 96.1 g/mol. The summed E-state index contributed by atoms with van der Waals surface area (Å²) in [5, 5.41) is 8.96. The molecule has 0 amide bonds. The molecule has 38 valence electrons. The maximum absolute atomic E-state index is 8.96. The third-order valence-corrected chi connectivity index (χ3v) is 1.08. The van der Waals surface area contributed by atoms with Crippen LogP contribution in [0, 0.1) is 11.8 Å². The molecule has 7 heavy (non-hydrogen) atoms. The summed E-state index contributed by atoms with van der Waals surface area (Å²) in [4.78, 5) is 0. The summed E-state index contributed by atoms with van der Waals surface area (Å²) >= 11 is 0. The Hall–Kier alpha value is -0.480. The van der Waals surface area contributed by atoms with Gasteiger partial charge in [-0.05, 0) is 19.8 Å². The van der Waals surface area contributed by atoms with Crippen molar-refractivity contribution in [3.8, 4) is 11.8 Å². The Morgan fingerprint density at radius 1 is 1.57 bits per heavy atom. The highest BCUT2D eigenvalue weighted by Crippen LogP contribution is 2.33. The van der Waals surface area contributed by atoms with Crippen molar-refractivity contribution in [3.63, 3.8) is 0 Å². The van der Waals surface area contributed by atoms with Crippen LogP contribution in [0.5, 0.6) is 0 Å². The van der Waals surface area contributed by atoms with E-state index in [1.807, 2.05) is 0 Å². The standard InChI is InChI=1S/C6H8O/c1-2-3-6(7)4-5-6/h7H,4-5H2,1H3. The van der Waals surface area contributed by atoms with Crippen molar-refractivity contribution in [2.45, 2.75) is 25.4 Å². The van der Waals surface area contributed by atoms with Crippen LogP contribution in [0.3, 0.4) is 0 Å². The number of aliphatic hydroxyl groups is 1. The molecule has 1 aliphatic rings. The minimum absolute atomic E-state index is 0.561. The molecule has 0 aliphatic heterocycles. The largest absolute Gasteiger partial charge is 0.378 e. The summed E-state index contributed by atoms with van der Waals surface area (Å²) in [5.41, 5.74) is -0.561. The highest BCUT2D eigenvalue weighted by molar-refractivity contribution is 5.20. The quantitative estimate of drug-likeness (QED) is 0.436. The van der Waals surface area contributed by atoms with Crippen molar-refractivity contribution >= 4 is 0 Å². The molecule has 1 heteroatoms. The molecule has 0 radical (unpaired) electrons. The molecule has 0 atom stereocenters. The van der Waals surface area contributed by atoms with Gasteiger partial charge >= 0.3 is 0 Å². The zero-order valence-electron chi connectivity index (χ0n) is 4.36. The predicted molar refractivity (Wildman–Crippen MR) is 27.6 cm³/mol. The van der Waals surface area contributed by atoms with E-state index in [-0.39, 0.29) is 0 Å². The zero-order valence-corrected chi connectivity index (χ0v) is 4.36. The van der Waals surface area contributed by atoms with Gasteiger partial charge in [-0.15, -0.1) is 5.92 Å². The van der Waals surface area contributed by atoms with Gasteiger partial charge in [-0.25, -0.2) is 0 Å². The Morgan fingerprint density at radius 2 is 2.14 bits per heavy atom. The Bertz CT molecular complexity index is 123. The van der Waals surface area contributed by atoms with Gasteiger partial charge in [-0.2, -0.15) is 0 Å². The lowest BCUT2D eigenvalue weighted by Gasteiger charge is -1.88. The van der Waals surface area contributed by atoms with Crippen LogP contribution in [0.25, 0.3) is 0 Å². The van der Waals surface area contributed by atoms with Gasteiger partial charge in [-0.1, -0.05) is 5.92 Å². The third-order valence-electron chi connectivity index (χ3n) is 1.08. The van der Waals surface area contributed by atoms with E-state index in [0.717, 1.165) is 12.8 Å². The van der Waals surface area contributed by atoms with Crippen LogP contribution in [-0.4, -0.2) is 10.7 Å². The lowest BCUT2D eigenvalue weighted by Crippen LogP contribution is -1.99. The first-order valence-electron chi connectivity index (χ1n) is 2.43. The van der Waals surface area contributed by atoms with E-state index in [2.05, 4.69) is 11.8 Å². The molecule has 0 aromatic heterocycles. The van der Waals surface area contributed by atoms with Crippen LogP contribution in [-0.2, 0) is 0 Å². The van der Waals surface area contributed by atoms with Crippen LogP contribution < -0.4 is 0 Å². The van der Waals surface area contributed by atoms with Gasteiger partial charge in [0.15, 0.2) is 0 Å². The van der Waals surface area contributed by atoms with Crippen molar-refractivity contribution in [1.29, 1.82) is 0 Å². The molecule has 1 N–H and O–H groups in total. The molecule has 1 nitrogen and oxygen atoms in total. The molecule has 1 saturated carbocycles. The van der Waals surface area contributed by atoms with E-state index in [9.17, 15) is 0 Å². The van der Waals surface area contributed by atoms with E-state index in [4.69, 9.17) is 5.11 Å². The van der Waals surface area contributed by atoms with Crippen molar-refractivity contribution in [3.05, 3.63) is 0 Å². The molecular weight excluding hydrogens is 88.1 g/mol. The van der Waals surface area contributed by atoms with Crippen LogP contribution in [0.15, 0.2) is 0 Å². The van der Waals surface area contributed by atoms with Crippen LogP contribution in [0.2, 0.25) is 0 Å². The zero-order chi connectivity index (χ0) is 5.33. The number of hydrogen-bond acceptors (Lipinski definition) is 1. The first kappa shape index (κ1) is 4.67. The molecule has 0 spiro atoms. The third kappa shape index (κ3) is 0.942. The molecule has 0 heterocycles. The van der Waals surface area contributed by atoms with Crippen LogP contribution >= 0.6 is 0 Å². The molecule has 0 unspecified atom stereocenters. The Morgan fingerprint density at radius 3 is 2.29 bits per heavy atom. The fourth-order valence-electron chi connectivity index (χ4n) is 0.476. The minimum atomic E-state index is -0.561. The predicted octanol–water partition coefficient (Wildman–Crippen LogP) is 0.535. The average Bonchev–Trinajstić information content (AvgIpc) is 2.22. The molecule has 0 saturated heterocycles. The van der Waals surface area contributed by atoms with Gasteiger partial charge in [0.2, 0.25) is 0 Å². The second kappa shape index (κ2) is 1.24. The Kier molecular flexibility index (Phi) is 0.831. The van der Waals surface area contributed by atoms with Gasteiger partial charge in [0.1, 0.15) is 5.60 Å². The first-order chi connectivity index (χ1) is 3.27. The normalized spacial score (nSPS) is 22.6. The van der Waals surface area contributed by atoms with Crippen molar-refractivity contribution < 1.29 is 5.11 Å². The Balaban J connectivity index is 2.50. The number of hydrogen-bond donors (Lipinski definition) is 1. The fourth-order valence-corrected chi connectivity index (χ4v) is 0.476. The van der Waals surface area contributed by atoms with E-state index >= 15 is 0 Å².